The van der Waals surface area contributed by atoms with E-state index in [1.807, 2.05) is 37.3 Å². The second kappa shape index (κ2) is 8.82. The van der Waals surface area contributed by atoms with E-state index in [9.17, 15) is 9.59 Å². The quantitative estimate of drug-likeness (QED) is 0.730. The molecule has 1 atom stereocenters. The lowest BCUT2D eigenvalue weighted by atomic mass is 9.95. The molecule has 2 aromatic carbocycles. The van der Waals surface area contributed by atoms with Crippen LogP contribution in [0.25, 0.3) is 0 Å². The van der Waals surface area contributed by atoms with E-state index in [2.05, 4.69) is 35.0 Å². The molecule has 3 rings (SSSR count). The van der Waals surface area contributed by atoms with Gasteiger partial charge in [-0.15, -0.1) is 0 Å². The average molecular weight is 365 g/mol. The summed E-state index contributed by atoms with van der Waals surface area (Å²) in [5.74, 6) is -0.00885. The third kappa shape index (κ3) is 4.95. The molecule has 142 valence electrons. The Balaban J connectivity index is 1.60. The summed E-state index contributed by atoms with van der Waals surface area (Å²) in [5.41, 5.74) is 4.93. The minimum atomic E-state index is -0.242. The van der Waals surface area contributed by atoms with Crippen LogP contribution in [0.4, 0.5) is 11.4 Å². The number of hydrogen-bond acceptors (Lipinski definition) is 3. The van der Waals surface area contributed by atoms with Crippen molar-refractivity contribution in [1.29, 1.82) is 0 Å². The molecule has 3 N–H and O–H groups in total. The molecule has 0 aromatic heterocycles. The second-order valence-electron chi connectivity index (χ2n) is 7.08. The van der Waals surface area contributed by atoms with Crippen LogP contribution < -0.4 is 16.0 Å². The fourth-order valence-electron chi connectivity index (χ4n) is 3.30. The van der Waals surface area contributed by atoms with Crippen LogP contribution in [0.15, 0.2) is 42.5 Å². The third-order valence-corrected chi connectivity index (χ3v) is 4.92. The Hall–Kier alpha value is -2.66. The summed E-state index contributed by atoms with van der Waals surface area (Å²) in [6.45, 7) is 4.70. The number of aryl methyl sites for hydroxylation is 1. The van der Waals surface area contributed by atoms with E-state index in [1.54, 1.807) is 0 Å². The molecular formula is C22H27N3O2. The first-order valence-electron chi connectivity index (χ1n) is 9.58. The summed E-state index contributed by atoms with van der Waals surface area (Å²) in [6.07, 6.45) is 3.10. The molecule has 0 aliphatic carbocycles. The van der Waals surface area contributed by atoms with Gasteiger partial charge in [-0.1, -0.05) is 37.6 Å². The van der Waals surface area contributed by atoms with Crippen LogP contribution in [0.2, 0.25) is 0 Å². The molecule has 5 nitrogen and oxygen atoms in total. The number of rotatable bonds is 6. The predicted octanol–water partition coefficient (Wildman–Crippen LogP) is 3.78. The highest BCUT2D eigenvalue weighted by Gasteiger charge is 2.24. The molecule has 5 heteroatoms. The maximum atomic E-state index is 12.6. The van der Waals surface area contributed by atoms with Crippen molar-refractivity contribution in [2.75, 3.05) is 10.6 Å². The zero-order valence-corrected chi connectivity index (χ0v) is 16.0. The van der Waals surface area contributed by atoms with E-state index < -0.39 is 0 Å². The van der Waals surface area contributed by atoms with Gasteiger partial charge in [-0.2, -0.15) is 0 Å². The molecule has 0 fully saturated rings. The lowest BCUT2D eigenvalue weighted by molar-refractivity contribution is -0.118. The van der Waals surface area contributed by atoms with Crippen LogP contribution in [0.5, 0.6) is 0 Å². The molecule has 1 aliphatic rings. The van der Waals surface area contributed by atoms with Gasteiger partial charge in [-0.3, -0.25) is 9.59 Å². The summed E-state index contributed by atoms with van der Waals surface area (Å²) in [5, 5.41) is 9.22. The number of carbonyl (C=O) groups is 2. The van der Waals surface area contributed by atoms with Gasteiger partial charge in [0.05, 0.1) is 6.04 Å². The summed E-state index contributed by atoms with van der Waals surface area (Å²) in [6, 6.07) is 13.5. The molecule has 1 aliphatic heterocycles. The average Bonchev–Trinajstić information content (AvgIpc) is 2.68. The van der Waals surface area contributed by atoms with Crippen molar-refractivity contribution in [3.63, 3.8) is 0 Å². The van der Waals surface area contributed by atoms with Gasteiger partial charge in [0.2, 0.25) is 11.8 Å². The highest BCUT2D eigenvalue weighted by molar-refractivity contribution is 5.96. The van der Waals surface area contributed by atoms with Crippen LogP contribution in [-0.4, -0.2) is 17.9 Å². The highest BCUT2D eigenvalue weighted by Crippen LogP contribution is 2.22. The van der Waals surface area contributed by atoms with Gasteiger partial charge in [0.15, 0.2) is 0 Å². The molecule has 27 heavy (non-hydrogen) atoms. The fourth-order valence-corrected chi connectivity index (χ4v) is 3.30. The molecule has 0 saturated heterocycles. The molecule has 2 amide bonds. The highest BCUT2D eigenvalue weighted by atomic mass is 16.2. The monoisotopic (exact) mass is 365 g/mol. The third-order valence-electron chi connectivity index (χ3n) is 4.92. The van der Waals surface area contributed by atoms with E-state index in [1.165, 1.54) is 11.1 Å². The molecule has 0 unspecified atom stereocenters. The number of benzene rings is 2. The van der Waals surface area contributed by atoms with Crippen LogP contribution in [-0.2, 0) is 22.6 Å². The van der Waals surface area contributed by atoms with Gasteiger partial charge >= 0.3 is 0 Å². The van der Waals surface area contributed by atoms with E-state index in [0.717, 1.165) is 29.8 Å². The maximum Gasteiger partial charge on any atom is 0.241 e. The molecule has 1 heterocycles. The molecule has 0 spiro atoms. The van der Waals surface area contributed by atoms with Crippen molar-refractivity contribution >= 4 is 23.2 Å². The lowest BCUT2D eigenvalue weighted by Crippen LogP contribution is -2.44. The number of unbranched alkanes of at least 4 members (excludes halogenated alkanes) is 1. The first kappa shape index (κ1) is 19.1. The Morgan fingerprint density at radius 1 is 1.11 bits per heavy atom. The Kier molecular flexibility index (Phi) is 6.24. The molecular weight excluding hydrogens is 338 g/mol. The fraction of sp³-hybridized carbons (Fsp3) is 0.364. The van der Waals surface area contributed by atoms with Gasteiger partial charge in [0, 0.05) is 24.3 Å². The van der Waals surface area contributed by atoms with Gasteiger partial charge < -0.3 is 16.0 Å². The first-order valence-corrected chi connectivity index (χ1v) is 9.58. The van der Waals surface area contributed by atoms with Crippen LogP contribution in [0.1, 0.15) is 42.9 Å². The van der Waals surface area contributed by atoms with E-state index >= 15 is 0 Å². The topological polar surface area (TPSA) is 70.2 Å². The number of hydrogen-bond donors (Lipinski definition) is 3. The van der Waals surface area contributed by atoms with Crippen molar-refractivity contribution in [2.24, 2.45) is 0 Å². The number of amides is 2. The minimum Gasteiger partial charge on any atom is -0.326 e. The van der Waals surface area contributed by atoms with Crippen LogP contribution >= 0.6 is 0 Å². The number of carbonyl (C=O) groups excluding carboxylic acids is 2. The molecule has 0 bridgehead atoms. The van der Waals surface area contributed by atoms with Gasteiger partial charge in [0.25, 0.3) is 0 Å². The van der Waals surface area contributed by atoms with E-state index in [0.29, 0.717) is 19.4 Å². The predicted molar refractivity (Wildman–Crippen MR) is 109 cm³/mol. The summed E-state index contributed by atoms with van der Waals surface area (Å²) in [4.78, 5) is 24.5. The van der Waals surface area contributed by atoms with Crippen LogP contribution in [0, 0.1) is 6.92 Å². The Morgan fingerprint density at radius 2 is 1.89 bits per heavy atom. The number of nitrogens with one attached hydrogen (secondary N) is 3. The van der Waals surface area contributed by atoms with Crippen molar-refractivity contribution in [3.05, 3.63) is 59.2 Å². The summed E-state index contributed by atoms with van der Waals surface area (Å²) >= 11 is 0. The van der Waals surface area contributed by atoms with Crippen molar-refractivity contribution in [3.8, 4) is 0 Å². The lowest BCUT2D eigenvalue weighted by Gasteiger charge is -2.25. The molecule has 0 saturated carbocycles. The smallest absolute Gasteiger partial charge is 0.241 e. The first-order chi connectivity index (χ1) is 13.1. The Morgan fingerprint density at radius 3 is 2.63 bits per heavy atom. The maximum absolute atomic E-state index is 12.6. The van der Waals surface area contributed by atoms with Gasteiger partial charge in [-0.25, -0.2) is 0 Å². The second-order valence-corrected chi connectivity index (χ2v) is 7.08. The number of fused-ring (bicyclic) bond motifs is 1. The Bertz CT molecular complexity index is 832. The van der Waals surface area contributed by atoms with Gasteiger partial charge in [0.1, 0.15) is 0 Å². The largest absolute Gasteiger partial charge is 0.326 e. The standard InChI is InChI=1S/C22H27N3O2/c1-3-4-9-21(26)25-19-11-10-18(12-15(19)2)24-22(27)20-13-16-7-5-6-8-17(16)14-23-20/h5-8,10-12,20,23H,3-4,9,13-14H2,1-2H3,(H,24,27)(H,25,26)/t20-/m1/s1. The Labute approximate surface area is 160 Å². The van der Waals surface area contributed by atoms with Crippen LogP contribution in [0.3, 0.4) is 0 Å². The molecule has 2 aromatic rings. The number of anilines is 2. The normalized spacial score (nSPS) is 15.7. The summed E-state index contributed by atoms with van der Waals surface area (Å²) < 4.78 is 0. The summed E-state index contributed by atoms with van der Waals surface area (Å²) in [7, 11) is 0. The molecule has 0 radical (unpaired) electrons. The zero-order chi connectivity index (χ0) is 19.2. The SMILES string of the molecule is CCCCC(=O)Nc1ccc(NC(=O)[C@H]2Cc3ccccc3CN2)cc1C. The van der Waals surface area contributed by atoms with Crippen molar-refractivity contribution in [1.82, 2.24) is 5.32 Å². The zero-order valence-electron chi connectivity index (χ0n) is 16.0. The van der Waals surface area contributed by atoms with E-state index in [-0.39, 0.29) is 17.9 Å². The minimum absolute atomic E-state index is 0.0295. The van der Waals surface area contributed by atoms with Crippen molar-refractivity contribution < 1.29 is 9.59 Å². The van der Waals surface area contributed by atoms with Gasteiger partial charge in [-0.05, 0) is 54.7 Å². The van der Waals surface area contributed by atoms with Crippen molar-refractivity contribution in [2.45, 2.75) is 52.1 Å². The van der Waals surface area contributed by atoms with E-state index in [4.69, 9.17) is 0 Å².